The summed E-state index contributed by atoms with van der Waals surface area (Å²) in [5, 5.41) is 11.2. The summed E-state index contributed by atoms with van der Waals surface area (Å²) in [5.41, 5.74) is 2.49. The highest BCUT2D eigenvalue weighted by molar-refractivity contribution is 7.99. The number of thioether (sulfide) groups is 1. The zero-order valence-electron chi connectivity index (χ0n) is 14.5. The molecule has 1 aromatic carbocycles. The minimum atomic E-state index is 0.132. The normalized spacial score (nSPS) is 14.9. The van der Waals surface area contributed by atoms with Gasteiger partial charge in [0.25, 0.3) is 0 Å². The largest absolute Gasteiger partial charge is 0.337 e. The summed E-state index contributed by atoms with van der Waals surface area (Å²) in [6.45, 7) is 3.65. The minimum absolute atomic E-state index is 0.132. The zero-order chi connectivity index (χ0) is 17.9. The first-order valence-corrected chi connectivity index (χ1v) is 10.5. The van der Waals surface area contributed by atoms with Crippen molar-refractivity contribution in [3.63, 3.8) is 0 Å². The number of thiophene rings is 1. The van der Waals surface area contributed by atoms with Crippen LogP contribution in [-0.2, 0) is 17.8 Å². The average molecular weight is 385 g/mol. The molecule has 0 radical (unpaired) electrons. The number of aromatic nitrogens is 3. The smallest absolute Gasteiger partial charge is 0.233 e. The third-order valence-corrected chi connectivity index (χ3v) is 6.69. The van der Waals surface area contributed by atoms with Crippen LogP contribution in [0.15, 0.2) is 53.3 Å². The molecule has 1 amide bonds. The topological polar surface area (TPSA) is 51.0 Å². The van der Waals surface area contributed by atoms with Gasteiger partial charge in [-0.1, -0.05) is 42.1 Å². The molecular formula is C19H20N4OS2. The van der Waals surface area contributed by atoms with Crippen molar-refractivity contribution < 1.29 is 4.79 Å². The van der Waals surface area contributed by atoms with Crippen LogP contribution in [0.25, 0.3) is 0 Å². The van der Waals surface area contributed by atoms with Crippen molar-refractivity contribution in [2.24, 2.45) is 0 Å². The van der Waals surface area contributed by atoms with Crippen molar-refractivity contribution in [1.82, 2.24) is 19.7 Å². The molecule has 3 aromatic rings. The Hall–Kier alpha value is -2.12. The van der Waals surface area contributed by atoms with Gasteiger partial charge in [-0.3, -0.25) is 4.79 Å². The molecule has 1 aliphatic rings. The third kappa shape index (κ3) is 3.54. The summed E-state index contributed by atoms with van der Waals surface area (Å²) in [7, 11) is 0. The number of nitrogens with zero attached hydrogens (tertiary/aromatic N) is 4. The number of amides is 1. The van der Waals surface area contributed by atoms with Crippen LogP contribution in [0.4, 0.5) is 0 Å². The molecule has 0 saturated carbocycles. The number of hydrogen-bond donors (Lipinski definition) is 0. The summed E-state index contributed by atoms with van der Waals surface area (Å²) >= 11 is 3.25. The molecule has 26 heavy (non-hydrogen) atoms. The Morgan fingerprint density at radius 1 is 1.31 bits per heavy atom. The number of carbonyl (C=O) groups excluding carboxylic acids is 1. The molecule has 0 aliphatic carbocycles. The van der Waals surface area contributed by atoms with E-state index in [9.17, 15) is 4.79 Å². The van der Waals surface area contributed by atoms with E-state index in [1.54, 1.807) is 17.7 Å². The molecule has 0 unspecified atom stereocenters. The lowest BCUT2D eigenvalue weighted by atomic mass is 10.1. The lowest BCUT2D eigenvalue weighted by Gasteiger charge is -2.27. The van der Waals surface area contributed by atoms with Gasteiger partial charge in [0, 0.05) is 18.0 Å². The molecule has 2 aromatic heterocycles. The van der Waals surface area contributed by atoms with E-state index in [1.807, 2.05) is 27.7 Å². The highest BCUT2D eigenvalue weighted by Crippen LogP contribution is 2.27. The van der Waals surface area contributed by atoms with Gasteiger partial charge < -0.3 is 9.47 Å². The first-order valence-electron chi connectivity index (χ1n) is 8.62. The Balaban J connectivity index is 1.40. The molecule has 0 saturated heterocycles. The minimum Gasteiger partial charge on any atom is -0.337 e. The van der Waals surface area contributed by atoms with Gasteiger partial charge in [0.15, 0.2) is 5.16 Å². The second-order valence-corrected chi connectivity index (χ2v) is 8.27. The number of hydrogen-bond acceptors (Lipinski definition) is 5. The summed E-state index contributed by atoms with van der Waals surface area (Å²) in [5.74, 6) is 0.549. The molecule has 4 rings (SSSR count). The van der Waals surface area contributed by atoms with E-state index < -0.39 is 0 Å². The van der Waals surface area contributed by atoms with Gasteiger partial charge in [0.05, 0.1) is 11.8 Å². The Morgan fingerprint density at radius 2 is 2.15 bits per heavy atom. The fourth-order valence-corrected chi connectivity index (χ4v) is 4.96. The molecule has 7 heteroatoms. The van der Waals surface area contributed by atoms with Crippen LogP contribution >= 0.6 is 23.1 Å². The van der Waals surface area contributed by atoms with E-state index in [1.165, 1.54) is 27.8 Å². The fraction of sp³-hybridized carbons (Fsp3) is 0.316. The van der Waals surface area contributed by atoms with Crippen LogP contribution < -0.4 is 0 Å². The van der Waals surface area contributed by atoms with Gasteiger partial charge in [0.1, 0.15) is 6.33 Å². The molecule has 0 fully saturated rings. The van der Waals surface area contributed by atoms with Gasteiger partial charge in [-0.05, 0) is 35.9 Å². The highest BCUT2D eigenvalue weighted by Gasteiger charge is 2.22. The maximum Gasteiger partial charge on any atom is 0.233 e. The number of carbonyl (C=O) groups is 1. The molecule has 3 heterocycles. The maximum atomic E-state index is 12.6. The summed E-state index contributed by atoms with van der Waals surface area (Å²) < 4.78 is 2.03. The Bertz CT molecular complexity index is 890. The quantitative estimate of drug-likeness (QED) is 0.631. The summed E-state index contributed by atoms with van der Waals surface area (Å²) in [6.07, 6.45) is 2.70. The average Bonchev–Trinajstić information content (AvgIpc) is 3.34. The molecule has 0 spiro atoms. The second-order valence-electron chi connectivity index (χ2n) is 6.33. The van der Waals surface area contributed by atoms with Gasteiger partial charge in [-0.15, -0.1) is 21.5 Å². The van der Waals surface area contributed by atoms with E-state index in [0.29, 0.717) is 5.75 Å². The van der Waals surface area contributed by atoms with E-state index in [2.05, 4.69) is 40.7 Å². The van der Waals surface area contributed by atoms with Gasteiger partial charge >= 0.3 is 0 Å². The van der Waals surface area contributed by atoms with Crippen LogP contribution in [0, 0.1) is 0 Å². The van der Waals surface area contributed by atoms with Crippen molar-refractivity contribution in [3.05, 3.63) is 64.1 Å². The monoisotopic (exact) mass is 384 g/mol. The van der Waals surface area contributed by atoms with Gasteiger partial charge in [0.2, 0.25) is 5.91 Å². The number of benzene rings is 1. The van der Waals surface area contributed by atoms with Crippen molar-refractivity contribution in [2.75, 3.05) is 12.3 Å². The molecule has 5 nitrogen and oxygen atoms in total. The standard InChI is InChI=1S/C19H20N4OS2/c1-14(15-5-3-2-4-6-15)23-13-20-21-19(23)26-12-18(24)22-9-7-17-16(11-22)8-10-25-17/h2-6,8,10,13-14H,7,9,11-12H2,1H3/t14-/m0/s1. The Morgan fingerprint density at radius 3 is 3.00 bits per heavy atom. The predicted molar refractivity (Wildman–Crippen MR) is 104 cm³/mol. The van der Waals surface area contributed by atoms with Crippen LogP contribution in [0.1, 0.15) is 29.0 Å². The Kier molecular flexibility index (Phi) is 5.08. The van der Waals surface area contributed by atoms with Crippen molar-refractivity contribution >= 4 is 29.0 Å². The van der Waals surface area contributed by atoms with E-state index in [-0.39, 0.29) is 11.9 Å². The predicted octanol–water partition coefficient (Wildman–Crippen LogP) is 3.63. The van der Waals surface area contributed by atoms with E-state index >= 15 is 0 Å². The van der Waals surface area contributed by atoms with E-state index in [4.69, 9.17) is 0 Å². The van der Waals surface area contributed by atoms with Gasteiger partial charge in [-0.25, -0.2) is 0 Å². The zero-order valence-corrected chi connectivity index (χ0v) is 16.2. The molecule has 0 N–H and O–H groups in total. The van der Waals surface area contributed by atoms with Crippen molar-refractivity contribution in [3.8, 4) is 0 Å². The van der Waals surface area contributed by atoms with Crippen LogP contribution in [0.2, 0.25) is 0 Å². The number of rotatable bonds is 5. The molecule has 1 atom stereocenters. The summed E-state index contributed by atoms with van der Waals surface area (Å²) in [4.78, 5) is 16.0. The first kappa shape index (κ1) is 17.3. The summed E-state index contributed by atoms with van der Waals surface area (Å²) in [6, 6.07) is 12.5. The fourth-order valence-electron chi connectivity index (χ4n) is 3.17. The molecule has 1 aliphatic heterocycles. The lowest BCUT2D eigenvalue weighted by Crippen LogP contribution is -2.36. The van der Waals surface area contributed by atoms with Crippen molar-refractivity contribution in [2.45, 2.75) is 31.1 Å². The molecular weight excluding hydrogens is 364 g/mol. The third-order valence-electron chi connectivity index (χ3n) is 4.72. The molecule has 0 bridgehead atoms. The lowest BCUT2D eigenvalue weighted by molar-refractivity contribution is -0.129. The maximum absolute atomic E-state index is 12.6. The van der Waals surface area contributed by atoms with E-state index in [0.717, 1.165) is 24.7 Å². The molecule has 134 valence electrons. The van der Waals surface area contributed by atoms with Crippen LogP contribution in [0.5, 0.6) is 0 Å². The Labute approximate surface area is 161 Å². The first-order chi connectivity index (χ1) is 12.7. The van der Waals surface area contributed by atoms with Gasteiger partial charge in [-0.2, -0.15) is 0 Å². The van der Waals surface area contributed by atoms with Crippen molar-refractivity contribution in [1.29, 1.82) is 0 Å². The number of fused-ring (bicyclic) bond motifs is 1. The second kappa shape index (κ2) is 7.63. The van der Waals surface area contributed by atoms with Crippen LogP contribution in [-0.4, -0.2) is 37.9 Å². The highest BCUT2D eigenvalue weighted by atomic mass is 32.2. The SMILES string of the molecule is C[C@@H](c1ccccc1)n1cnnc1SCC(=O)N1CCc2sccc2C1. The van der Waals surface area contributed by atoms with Crippen LogP contribution in [0.3, 0.4) is 0 Å².